The van der Waals surface area contributed by atoms with E-state index in [1.54, 1.807) is 0 Å². The summed E-state index contributed by atoms with van der Waals surface area (Å²) in [6.45, 7) is 10.8. The molecule has 0 aromatic carbocycles. The lowest BCUT2D eigenvalue weighted by Crippen LogP contribution is -2.32. The van der Waals surface area contributed by atoms with Crippen molar-refractivity contribution in [1.82, 2.24) is 4.90 Å². The first-order valence-corrected chi connectivity index (χ1v) is 6.43. The number of hydrogen-bond acceptors (Lipinski definition) is 3. The first-order valence-electron chi connectivity index (χ1n) is 6.43. The van der Waals surface area contributed by atoms with Crippen molar-refractivity contribution in [2.75, 3.05) is 26.7 Å². The van der Waals surface area contributed by atoms with Gasteiger partial charge in [-0.15, -0.1) is 0 Å². The number of rotatable bonds is 9. The molecule has 0 fully saturated rings. The highest BCUT2D eigenvalue weighted by Gasteiger charge is 2.17. The molecule has 0 aromatic heterocycles. The molecule has 0 bridgehead atoms. The minimum atomic E-state index is -0.522. The molecule has 2 atom stereocenters. The van der Waals surface area contributed by atoms with Crippen molar-refractivity contribution >= 4 is 0 Å². The van der Waals surface area contributed by atoms with Crippen LogP contribution in [0.5, 0.6) is 0 Å². The molecule has 2 unspecified atom stereocenters. The average molecular weight is 231 g/mol. The van der Waals surface area contributed by atoms with E-state index in [-0.39, 0.29) is 0 Å². The molecule has 0 aromatic rings. The molecule has 1 N–H and O–H groups in total. The van der Waals surface area contributed by atoms with Crippen LogP contribution in [-0.2, 0) is 4.74 Å². The van der Waals surface area contributed by atoms with E-state index in [2.05, 4.69) is 25.8 Å². The van der Waals surface area contributed by atoms with Gasteiger partial charge in [0.2, 0.25) is 0 Å². The van der Waals surface area contributed by atoms with Crippen LogP contribution in [0, 0.1) is 0 Å². The van der Waals surface area contributed by atoms with E-state index >= 15 is 0 Å². The van der Waals surface area contributed by atoms with Gasteiger partial charge in [0.25, 0.3) is 0 Å². The van der Waals surface area contributed by atoms with Gasteiger partial charge >= 0.3 is 0 Å². The zero-order valence-electron chi connectivity index (χ0n) is 11.6. The lowest BCUT2D eigenvalue weighted by atomic mass is 9.99. The van der Waals surface area contributed by atoms with Crippen molar-refractivity contribution in [3.63, 3.8) is 0 Å². The average Bonchev–Trinajstić information content (AvgIpc) is 2.26. The van der Waals surface area contributed by atoms with E-state index in [1.165, 1.54) is 0 Å². The normalized spacial score (nSPS) is 17.4. The van der Waals surface area contributed by atoms with Gasteiger partial charge in [-0.05, 0) is 40.2 Å². The minimum Gasteiger partial charge on any atom is -0.390 e. The summed E-state index contributed by atoms with van der Waals surface area (Å²) < 4.78 is 5.62. The Labute approximate surface area is 101 Å². The van der Waals surface area contributed by atoms with Crippen molar-refractivity contribution in [1.29, 1.82) is 0 Å². The fraction of sp³-hybridized carbons (Fsp3) is 1.00. The third-order valence-corrected chi connectivity index (χ3v) is 3.24. The smallest absolute Gasteiger partial charge is 0.0629 e. The number of nitrogens with zero attached hydrogens (tertiary/aromatic N) is 1. The van der Waals surface area contributed by atoms with Gasteiger partial charge in [-0.25, -0.2) is 0 Å². The second kappa shape index (κ2) is 8.04. The van der Waals surface area contributed by atoms with Crippen molar-refractivity contribution in [2.24, 2.45) is 0 Å². The molecule has 0 spiro atoms. The molecule has 0 aliphatic carbocycles. The monoisotopic (exact) mass is 231 g/mol. The molecule has 98 valence electrons. The molecule has 0 aliphatic rings. The van der Waals surface area contributed by atoms with Gasteiger partial charge in [0.1, 0.15) is 0 Å². The second-order valence-corrected chi connectivity index (χ2v) is 4.99. The number of aliphatic hydroxyl groups is 1. The standard InChI is InChI=1S/C13H29NO2/c1-6-12(3)16-11-10-14(5)9-8-13(4,15)7-2/h12,15H,6-11H2,1-5H3. The van der Waals surface area contributed by atoms with E-state index in [0.717, 1.165) is 39.0 Å². The highest BCUT2D eigenvalue weighted by molar-refractivity contribution is 4.71. The molecular weight excluding hydrogens is 202 g/mol. The quantitative estimate of drug-likeness (QED) is 0.661. The van der Waals surface area contributed by atoms with Crippen LogP contribution in [0.4, 0.5) is 0 Å². The Morgan fingerprint density at radius 3 is 2.44 bits per heavy atom. The Hall–Kier alpha value is -0.120. The zero-order chi connectivity index (χ0) is 12.6. The van der Waals surface area contributed by atoms with Crippen LogP contribution in [0.2, 0.25) is 0 Å². The van der Waals surface area contributed by atoms with Crippen LogP contribution in [-0.4, -0.2) is 48.5 Å². The summed E-state index contributed by atoms with van der Waals surface area (Å²) in [6, 6.07) is 0. The fourth-order valence-electron chi connectivity index (χ4n) is 1.25. The van der Waals surface area contributed by atoms with Gasteiger partial charge in [-0.1, -0.05) is 13.8 Å². The van der Waals surface area contributed by atoms with Gasteiger partial charge in [-0.2, -0.15) is 0 Å². The summed E-state index contributed by atoms with van der Waals surface area (Å²) in [6.07, 6.45) is 3.05. The Morgan fingerprint density at radius 1 is 1.31 bits per heavy atom. The SMILES string of the molecule is CCC(C)OCCN(C)CCC(C)(O)CC. The molecule has 3 nitrogen and oxygen atoms in total. The summed E-state index contributed by atoms with van der Waals surface area (Å²) in [4.78, 5) is 2.21. The highest BCUT2D eigenvalue weighted by atomic mass is 16.5. The van der Waals surface area contributed by atoms with E-state index < -0.39 is 5.60 Å². The van der Waals surface area contributed by atoms with Crippen LogP contribution in [0.15, 0.2) is 0 Å². The third kappa shape index (κ3) is 8.08. The molecule has 0 saturated heterocycles. The summed E-state index contributed by atoms with van der Waals surface area (Å²) in [7, 11) is 2.08. The Kier molecular flexibility index (Phi) is 7.98. The predicted molar refractivity (Wildman–Crippen MR) is 68.7 cm³/mol. The van der Waals surface area contributed by atoms with Crippen LogP contribution in [0.3, 0.4) is 0 Å². The number of ether oxygens (including phenoxy) is 1. The summed E-state index contributed by atoms with van der Waals surface area (Å²) in [5.74, 6) is 0. The van der Waals surface area contributed by atoms with Crippen molar-refractivity contribution in [2.45, 2.75) is 58.7 Å². The molecule has 0 heterocycles. The van der Waals surface area contributed by atoms with E-state index in [9.17, 15) is 5.11 Å². The minimum absolute atomic E-state index is 0.354. The maximum absolute atomic E-state index is 9.87. The Bertz CT molecular complexity index is 171. The van der Waals surface area contributed by atoms with Gasteiger partial charge in [0.05, 0.1) is 18.3 Å². The van der Waals surface area contributed by atoms with Gasteiger partial charge in [0, 0.05) is 13.1 Å². The molecule has 0 amide bonds. The molecule has 3 heteroatoms. The Balaban J connectivity index is 3.55. The number of hydrogen-bond donors (Lipinski definition) is 1. The van der Waals surface area contributed by atoms with Crippen LogP contribution < -0.4 is 0 Å². The van der Waals surface area contributed by atoms with Crippen LogP contribution in [0.1, 0.15) is 47.0 Å². The number of likely N-dealkylation sites (N-methyl/N-ethyl adjacent to an activating group) is 1. The summed E-state index contributed by atoms with van der Waals surface area (Å²) >= 11 is 0. The zero-order valence-corrected chi connectivity index (χ0v) is 11.6. The maximum Gasteiger partial charge on any atom is 0.0629 e. The van der Waals surface area contributed by atoms with E-state index in [0.29, 0.717) is 6.10 Å². The highest BCUT2D eigenvalue weighted by Crippen LogP contribution is 2.13. The van der Waals surface area contributed by atoms with E-state index in [1.807, 2.05) is 13.8 Å². The third-order valence-electron chi connectivity index (χ3n) is 3.24. The first kappa shape index (κ1) is 15.9. The van der Waals surface area contributed by atoms with Crippen LogP contribution >= 0.6 is 0 Å². The largest absolute Gasteiger partial charge is 0.390 e. The van der Waals surface area contributed by atoms with Crippen LogP contribution in [0.25, 0.3) is 0 Å². The lowest BCUT2D eigenvalue weighted by molar-refractivity contribution is 0.0259. The van der Waals surface area contributed by atoms with Crippen molar-refractivity contribution in [3.05, 3.63) is 0 Å². The van der Waals surface area contributed by atoms with Gasteiger partial charge in [0.15, 0.2) is 0 Å². The topological polar surface area (TPSA) is 32.7 Å². The second-order valence-electron chi connectivity index (χ2n) is 4.99. The van der Waals surface area contributed by atoms with Crippen molar-refractivity contribution < 1.29 is 9.84 Å². The van der Waals surface area contributed by atoms with Crippen molar-refractivity contribution in [3.8, 4) is 0 Å². The first-order chi connectivity index (χ1) is 7.41. The van der Waals surface area contributed by atoms with E-state index in [4.69, 9.17) is 4.74 Å². The predicted octanol–water partition coefficient (Wildman–Crippen LogP) is 2.28. The van der Waals surface area contributed by atoms with Gasteiger partial charge in [-0.3, -0.25) is 0 Å². The molecule has 0 rings (SSSR count). The summed E-state index contributed by atoms with van der Waals surface area (Å²) in [5, 5.41) is 9.87. The summed E-state index contributed by atoms with van der Waals surface area (Å²) in [5.41, 5.74) is -0.522. The lowest BCUT2D eigenvalue weighted by Gasteiger charge is -2.25. The maximum atomic E-state index is 9.87. The molecule has 0 saturated carbocycles. The fourth-order valence-corrected chi connectivity index (χ4v) is 1.25. The molecule has 16 heavy (non-hydrogen) atoms. The molecule has 0 radical (unpaired) electrons. The molecular formula is C13H29NO2. The Morgan fingerprint density at radius 2 is 1.94 bits per heavy atom. The van der Waals surface area contributed by atoms with Gasteiger partial charge < -0.3 is 14.7 Å². The molecule has 0 aliphatic heterocycles.